The van der Waals surface area contributed by atoms with Crippen LogP contribution in [0.1, 0.15) is 47.2 Å². The maximum Gasteiger partial charge on any atom is 0.305 e. The Morgan fingerprint density at radius 3 is 2.05 bits per heavy atom. The molecule has 0 saturated heterocycles. The molecule has 2 rings (SSSR count). The van der Waals surface area contributed by atoms with Gasteiger partial charge in [0, 0.05) is 5.56 Å². The lowest BCUT2D eigenvalue weighted by Gasteiger charge is -2.19. The fraction of sp³-hybridized carbons (Fsp3) is 0.250. The molecule has 0 aliphatic rings. The van der Waals surface area contributed by atoms with Crippen LogP contribution >= 0.6 is 15.9 Å². The average molecular weight is 365 g/mol. The van der Waals surface area contributed by atoms with E-state index >= 15 is 0 Å². The van der Waals surface area contributed by atoms with Crippen molar-refractivity contribution in [3.05, 3.63) is 58.0 Å². The first kappa shape index (κ1) is 16.3. The second kappa shape index (κ2) is 6.36. The van der Waals surface area contributed by atoms with E-state index in [1.165, 1.54) is 6.07 Å². The predicted molar refractivity (Wildman–Crippen MR) is 86.5 cm³/mol. The maximum atomic E-state index is 12.0. The minimum atomic E-state index is -0.523. The first-order chi connectivity index (χ1) is 10.3. The first-order valence-electron chi connectivity index (χ1n) is 6.74. The average Bonchev–Trinajstić information content (AvgIpc) is 2.90. The summed E-state index contributed by atoms with van der Waals surface area (Å²) in [5, 5.41) is 0. The van der Waals surface area contributed by atoms with Crippen molar-refractivity contribution in [2.75, 3.05) is 0 Å². The highest BCUT2D eigenvalue weighted by molar-refractivity contribution is 9.10. The van der Waals surface area contributed by atoms with E-state index in [9.17, 15) is 9.59 Å². The van der Waals surface area contributed by atoms with E-state index in [1.54, 1.807) is 18.2 Å². The lowest BCUT2D eigenvalue weighted by molar-refractivity contribution is 0.0830. The minimum absolute atomic E-state index is 0.0237. The molecule has 0 saturated carbocycles. The van der Waals surface area contributed by atoms with Gasteiger partial charge in [-0.05, 0) is 51.2 Å². The lowest BCUT2D eigenvalue weighted by atomic mass is 9.87. The van der Waals surface area contributed by atoms with E-state index in [4.69, 9.17) is 4.42 Å². The van der Waals surface area contributed by atoms with Gasteiger partial charge in [-0.25, -0.2) is 0 Å². The maximum absolute atomic E-state index is 12.0. The molecule has 22 heavy (non-hydrogen) atoms. The molecule has 0 radical (unpaired) electrons. The molecule has 0 unspecified atom stereocenters. The molecule has 1 aromatic carbocycles. The molecule has 1 heterocycles. The summed E-state index contributed by atoms with van der Waals surface area (Å²) in [6.45, 7) is 6.30. The van der Waals surface area contributed by atoms with Crippen LogP contribution in [0.15, 0.2) is 45.5 Å². The Hall–Kier alpha value is -2.08. The molecule has 1 aromatic heterocycles. The molecule has 2 N–H and O–H groups in total. The normalized spacial score (nSPS) is 11.1. The van der Waals surface area contributed by atoms with Gasteiger partial charge in [0.2, 0.25) is 0 Å². The number of halogens is 1. The van der Waals surface area contributed by atoms with Gasteiger partial charge in [0.15, 0.2) is 10.4 Å². The summed E-state index contributed by atoms with van der Waals surface area (Å²) in [5.41, 5.74) is 6.28. The van der Waals surface area contributed by atoms with E-state index < -0.39 is 5.91 Å². The van der Waals surface area contributed by atoms with E-state index in [2.05, 4.69) is 47.6 Å². The molecular formula is C16H17BrN2O3. The summed E-state index contributed by atoms with van der Waals surface area (Å²) in [4.78, 5) is 23.7. The highest BCUT2D eigenvalue weighted by Crippen LogP contribution is 2.22. The number of hydrazine groups is 1. The highest BCUT2D eigenvalue weighted by Gasteiger charge is 2.15. The molecule has 0 fully saturated rings. The van der Waals surface area contributed by atoms with Crippen LogP contribution in [-0.2, 0) is 5.41 Å². The van der Waals surface area contributed by atoms with Gasteiger partial charge in [0.05, 0.1) is 0 Å². The summed E-state index contributed by atoms with van der Waals surface area (Å²) < 4.78 is 5.54. The predicted octanol–water partition coefficient (Wildman–Crippen LogP) is 3.41. The number of furan rings is 1. The number of hydrogen-bond acceptors (Lipinski definition) is 3. The van der Waals surface area contributed by atoms with Crippen LogP contribution in [0.25, 0.3) is 0 Å². The third-order valence-electron chi connectivity index (χ3n) is 3.10. The summed E-state index contributed by atoms with van der Waals surface area (Å²) in [7, 11) is 0. The van der Waals surface area contributed by atoms with Gasteiger partial charge >= 0.3 is 5.91 Å². The Kier molecular flexibility index (Phi) is 4.71. The number of carbonyl (C=O) groups is 2. The number of carbonyl (C=O) groups excluding carboxylic acids is 2. The van der Waals surface area contributed by atoms with Gasteiger partial charge in [-0.2, -0.15) is 0 Å². The van der Waals surface area contributed by atoms with Gasteiger partial charge in [0.1, 0.15) is 0 Å². The van der Waals surface area contributed by atoms with Crippen LogP contribution in [0.2, 0.25) is 0 Å². The molecule has 116 valence electrons. The molecule has 0 atom stereocenters. The van der Waals surface area contributed by atoms with Crippen molar-refractivity contribution in [3.8, 4) is 0 Å². The van der Waals surface area contributed by atoms with Crippen LogP contribution in [0.4, 0.5) is 0 Å². The van der Waals surface area contributed by atoms with Crippen LogP contribution in [0.3, 0.4) is 0 Å². The van der Waals surface area contributed by atoms with Crippen molar-refractivity contribution in [1.82, 2.24) is 10.9 Å². The number of nitrogens with one attached hydrogen (secondary N) is 2. The van der Waals surface area contributed by atoms with E-state index in [0.29, 0.717) is 10.2 Å². The molecule has 2 aromatic rings. The number of amides is 2. The van der Waals surface area contributed by atoms with Crippen LogP contribution < -0.4 is 10.9 Å². The second-order valence-electron chi connectivity index (χ2n) is 5.84. The molecule has 0 spiro atoms. The van der Waals surface area contributed by atoms with Crippen molar-refractivity contribution in [2.45, 2.75) is 26.2 Å². The molecular weight excluding hydrogens is 348 g/mol. The van der Waals surface area contributed by atoms with Crippen molar-refractivity contribution < 1.29 is 14.0 Å². The first-order valence-corrected chi connectivity index (χ1v) is 7.53. The highest BCUT2D eigenvalue weighted by atomic mass is 79.9. The van der Waals surface area contributed by atoms with E-state index in [1.807, 2.05) is 12.1 Å². The van der Waals surface area contributed by atoms with E-state index in [0.717, 1.165) is 5.56 Å². The molecule has 0 bridgehead atoms. The number of hydrogen-bond donors (Lipinski definition) is 2. The van der Waals surface area contributed by atoms with Gasteiger partial charge in [0.25, 0.3) is 5.91 Å². The third-order valence-corrected chi connectivity index (χ3v) is 3.53. The molecule has 5 nitrogen and oxygen atoms in total. The fourth-order valence-electron chi connectivity index (χ4n) is 1.81. The van der Waals surface area contributed by atoms with Gasteiger partial charge in [-0.3, -0.25) is 20.4 Å². The number of benzene rings is 1. The lowest BCUT2D eigenvalue weighted by Crippen LogP contribution is -2.41. The molecule has 6 heteroatoms. The molecule has 0 aliphatic heterocycles. The molecule has 2 amide bonds. The largest absolute Gasteiger partial charge is 0.444 e. The Morgan fingerprint density at radius 1 is 0.955 bits per heavy atom. The fourth-order valence-corrected chi connectivity index (χ4v) is 2.11. The zero-order valence-corrected chi connectivity index (χ0v) is 14.2. The quantitative estimate of drug-likeness (QED) is 0.802. The van der Waals surface area contributed by atoms with Crippen molar-refractivity contribution in [1.29, 1.82) is 0 Å². The van der Waals surface area contributed by atoms with Crippen molar-refractivity contribution in [3.63, 3.8) is 0 Å². The smallest absolute Gasteiger partial charge is 0.305 e. The monoisotopic (exact) mass is 364 g/mol. The standard InChI is InChI=1S/C16H17BrN2O3/c1-16(2,3)11-6-4-10(5-7-11)14(20)18-19-15(21)12-8-9-13(17)22-12/h4-9H,1-3H3,(H,18,20)(H,19,21). The van der Waals surface area contributed by atoms with Gasteiger partial charge < -0.3 is 4.42 Å². The zero-order chi connectivity index (χ0) is 16.3. The Balaban J connectivity index is 1.96. The summed E-state index contributed by atoms with van der Waals surface area (Å²) >= 11 is 3.11. The van der Waals surface area contributed by atoms with Gasteiger partial charge in [-0.15, -0.1) is 0 Å². The summed E-state index contributed by atoms with van der Waals surface area (Å²) in [5.74, 6) is -0.806. The Bertz CT molecular complexity index is 684. The summed E-state index contributed by atoms with van der Waals surface area (Å²) in [6, 6.07) is 10.4. The van der Waals surface area contributed by atoms with Gasteiger partial charge in [-0.1, -0.05) is 32.9 Å². The van der Waals surface area contributed by atoms with Crippen LogP contribution in [-0.4, -0.2) is 11.8 Å². The zero-order valence-electron chi connectivity index (χ0n) is 12.6. The minimum Gasteiger partial charge on any atom is -0.444 e. The van der Waals surface area contributed by atoms with Crippen molar-refractivity contribution >= 4 is 27.7 Å². The Morgan fingerprint density at radius 2 is 1.55 bits per heavy atom. The third kappa shape index (κ3) is 3.98. The van der Waals surface area contributed by atoms with Crippen LogP contribution in [0, 0.1) is 0 Å². The second-order valence-corrected chi connectivity index (χ2v) is 6.62. The van der Waals surface area contributed by atoms with E-state index in [-0.39, 0.29) is 17.1 Å². The molecule has 0 aliphatic carbocycles. The number of rotatable bonds is 2. The topological polar surface area (TPSA) is 71.3 Å². The van der Waals surface area contributed by atoms with Crippen LogP contribution in [0.5, 0.6) is 0 Å². The Labute approximate surface area is 137 Å². The van der Waals surface area contributed by atoms with Crippen molar-refractivity contribution in [2.24, 2.45) is 0 Å². The SMILES string of the molecule is CC(C)(C)c1ccc(C(=O)NNC(=O)c2ccc(Br)o2)cc1. The summed E-state index contributed by atoms with van der Waals surface area (Å²) in [6.07, 6.45) is 0.